The summed E-state index contributed by atoms with van der Waals surface area (Å²) in [4.78, 5) is 4.79. The largest absolute Gasteiger partial charge is 0.490 e. The van der Waals surface area contributed by atoms with Crippen LogP contribution in [0.25, 0.3) is 10.9 Å². The Hall–Kier alpha value is -1.97. The molecule has 0 amide bonds. The van der Waals surface area contributed by atoms with Crippen molar-refractivity contribution in [3.05, 3.63) is 23.9 Å². The molecule has 1 aromatic carbocycles. The summed E-state index contributed by atoms with van der Waals surface area (Å²) in [5.74, 6) is 2.20. The molecule has 4 nitrogen and oxygen atoms in total. The SMILES string of the molecule is CNc1cc(CC(C)C)nc2cc3c(cc12)OCCCO3. The van der Waals surface area contributed by atoms with Crippen LogP contribution in [0.15, 0.2) is 18.2 Å². The van der Waals surface area contributed by atoms with E-state index in [-0.39, 0.29) is 0 Å². The first-order chi connectivity index (χ1) is 10.2. The van der Waals surface area contributed by atoms with Crippen molar-refractivity contribution in [1.29, 1.82) is 0 Å². The van der Waals surface area contributed by atoms with E-state index in [4.69, 9.17) is 14.5 Å². The molecular formula is C17H22N2O2. The quantitative estimate of drug-likeness (QED) is 0.935. The van der Waals surface area contributed by atoms with Crippen LogP contribution in [-0.2, 0) is 6.42 Å². The van der Waals surface area contributed by atoms with Gasteiger partial charge in [0.1, 0.15) is 0 Å². The van der Waals surface area contributed by atoms with E-state index in [1.807, 2.05) is 19.2 Å². The van der Waals surface area contributed by atoms with Gasteiger partial charge in [0.2, 0.25) is 0 Å². The Morgan fingerprint density at radius 3 is 2.52 bits per heavy atom. The number of aromatic nitrogens is 1. The maximum absolute atomic E-state index is 5.77. The summed E-state index contributed by atoms with van der Waals surface area (Å²) in [6, 6.07) is 6.17. The fraction of sp³-hybridized carbons (Fsp3) is 0.471. The number of benzene rings is 1. The van der Waals surface area contributed by atoms with Gasteiger partial charge in [-0.1, -0.05) is 13.8 Å². The minimum absolute atomic E-state index is 0.583. The van der Waals surface area contributed by atoms with E-state index < -0.39 is 0 Å². The van der Waals surface area contributed by atoms with E-state index in [0.29, 0.717) is 19.1 Å². The van der Waals surface area contributed by atoms with E-state index in [9.17, 15) is 0 Å². The maximum Gasteiger partial charge on any atom is 0.163 e. The molecule has 0 fully saturated rings. The zero-order chi connectivity index (χ0) is 14.8. The topological polar surface area (TPSA) is 43.4 Å². The molecule has 1 N–H and O–H groups in total. The lowest BCUT2D eigenvalue weighted by Gasteiger charge is -2.13. The van der Waals surface area contributed by atoms with Crippen molar-refractivity contribution in [2.24, 2.45) is 5.92 Å². The van der Waals surface area contributed by atoms with E-state index in [2.05, 4.69) is 25.2 Å². The van der Waals surface area contributed by atoms with Gasteiger partial charge in [-0.2, -0.15) is 0 Å². The average Bonchev–Trinajstić information content (AvgIpc) is 2.68. The molecule has 0 unspecified atom stereocenters. The van der Waals surface area contributed by atoms with Crippen molar-refractivity contribution in [2.75, 3.05) is 25.6 Å². The van der Waals surface area contributed by atoms with E-state index in [1.54, 1.807) is 0 Å². The Balaban J connectivity index is 2.13. The summed E-state index contributed by atoms with van der Waals surface area (Å²) < 4.78 is 11.5. The summed E-state index contributed by atoms with van der Waals surface area (Å²) in [5.41, 5.74) is 3.16. The lowest BCUT2D eigenvalue weighted by molar-refractivity contribution is 0.297. The second-order valence-corrected chi connectivity index (χ2v) is 5.88. The summed E-state index contributed by atoms with van der Waals surface area (Å²) >= 11 is 0. The Morgan fingerprint density at radius 2 is 1.86 bits per heavy atom. The number of rotatable bonds is 3. The van der Waals surface area contributed by atoms with Crippen LogP contribution >= 0.6 is 0 Å². The molecule has 0 atom stereocenters. The molecule has 21 heavy (non-hydrogen) atoms. The second-order valence-electron chi connectivity index (χ2n) is 5.88. The highest BCUT2D eigenvalue weighted by Crippen LogP contribution is 2.36. The number of anilines is 1. The minimum atomic E-state index is 0.583. The van der Waals surface area contributed by atoms with Gasteiger partial charge in [-0.05, 0) is 24.5 Å². The van der Waals surface area contributed by atoms with Gasteiger partial charge in [0, 0.05) is 36.3 Å². The van der Waals surface area contributed by atoms with Crippen LogP contribution in [0.1, 0.15) is 26.0 Å². The van der Waals surface area contributed by atoms with Gasteiger partial charge in [0.05, 0.1) is 18.7 Å². The molecule has 0 saturated carbocycles. The molecule has 0 aliphatic carbocycles. The van der Waals surface area contributed by atoms with Crippen molar-refractivity contribution >= 4 is 16.6 Å². The summed E-state index contributed by atoms with van der Waals surface area (Å²) in [6.07, 6.45) is 1.88. The molecule has 1 aliphatic heterocycles. The first-order valence-corrected chi connectivity index (χ1v) is 7.58. The van der Waals surface area contributed by atoms with Gasteiger partial charge in [-0.25, -0.2) is 0 Å². The van der Waals surface area contributed by atoms with Gasteiger partial charge in [-0.3, -0.25) is 4.98 Å². The number of pyridine rings is 1. The van der Waals surface area contributed by atoms with E-state index in [1.165, 1.54) is 0 Å². The Bertz CT molecular complexity index is 653. The van der Waals surface area contributed by atoms with Gasteiger partial charge in [-0.15, -0.1) is 0 Å². The van der Waals surface area contributed by atoms with Crippen LogP contribution in [-0.4, -0.2) is 25.2 Å². The standard InChI is InChI=1S/C17H22N2O2/c1-11(2)7-12-8-14(18-3)13-9-16-17(10-15(13)19-12)21-6-4-5-20-16/h8-11H,4-7H2,1-3H3,(H,18,19). The highest BCUT2D eigenvalue weighted by atomic mass is 16.5. The third kappa shape index (κ3) is 2.89. The third-order valence-corrected chi connectivity index (χ3v) is 3.62. The predicted octanol–water partition coefficient (Wildman–Crippen LogP) is 3.64. The smallest absolute Gasteiger partial charge is 0.163 e. The number of hydrogen-bond acceptors (Lipinski definition) is 4. The van der Waals surface area contributed by atoms with Gasteiger partial charge < -0.3 is 14.8 Å². The van der Waals surface area contributed by atoms with Crippen LogP contribution < -0.4 is 14.8 Å². The zero-order valence-corrected chi connectivity index (χ0v) is 12.9. The monoisotopic (exact) mass is 286 g/mol. The van der Waals surface area contributed by atoms with Crippen molar-refractivity contribution in [3.8, 4) is 11.5 Å². The van der Waals surface area contributed by atoms with Crippen LogP contribution in [0.2, 0.25) is 0 Å². The lowest BCUT2D eigenvalue weighted by atomic mass is 10.0. The number of nitrogens with one attached hydrogen (secondary N) is 1. The van der Waals surface area contributed by atoms with Crippen molar-refractivity contribution in [2.45, 2.75) is 26.7 Å². The molecule has 1 aromatic heterocycles. The average molecular weight is 286 g/mol. The van der Waals surface area contributed by atoms with Gasteiger partial charge >= 0.3 is 0 Å². The van der Waals surface area contributed by atoms with Crippen LogP contribution in [0.3, 0.4) is 0 Å². The summed E-state index contributed by atoms with van der Waals surface area (Å²) in [6.45, 7) is 5.81. The Kier molecular flexibility index (Phi) is 3.86. The number of nitrogens with zero attached hydrogens (tertiary/aromatic N) is 1. The number of fused-ring (bicyclic) bond motifs is 2. The molecule has 112 valence electrons. The Morgan fingerprint density at radius 1 is 1.14 bits per heavy atom. The fourth-order valence-corrected chi connectivity index (χ4v) is 2.67. The van der Waals surface area contributed by atoms with Gasteiger partial charge in [0.25, 0.3) is 0 Å². The normalized spacial score (nSPS) is 14.3. The highest BCUT2D eigenvalue weighted by Gasteiger charge is 2.15. The van der Waals surface area contributed by atoms with E-state index in [0.717, 1.165) is 46.6 Å². The fourth-order valence-electron chi connectivity index (χ4n) is 2.67. The molecule has 0 spiro atoms. The molecule has 0 bridgehead atoms. The molecular weight excluding hydrogens is 264 g/mol. The van der Waals surface area contributed by atoms with Crippen LogP contribution in [0, 0.1) is 5.92 Å². The van der Waals surface area contributed by atoms with E-state index >= 15 is 0 Å². The summed E-state index contributed by atoms with van der Waals surface area (Å²) in [7, 11) is 1.94. The number of hydrogen-bond donors (Lipinski definition) is 1. The second kappa shape index (κ2) is 5.80. The Labute approximate surface area is 125 Å². The highest BCUT2D eigenvalue weighted by molar-refractivity contribution is 5.93. The lowest BCUT2D eigenvalue weighted by Crippen LogP contribution is -2.01. The van der Waals surface area contributed by atoms with Crippen molar-refractivity contribution in [3.63, 3.8) is 0 Å². The number of ether oxygens (including phenoxy) is 2. The van der Waals surface area contributed by atoms with Crippen LogP contribution in [0.4, 0.5) is 5.69 Å². The maximum atomic E-state index is 5.77. The molecule has 3 rings (SSSR count). The van der Waals surface area contributed by atoms with Crippen LogP contribution in [0.5, 0.6) is 11.5 Å². The molecule has 2 heterocycles. The first-order valence-electron chi connectivity index (χ1n) is 7.58. The first kappa shape index (κ1) is 14.0. The molecule has 4 heteroatoms. The summed E-state index contributed by atoms with van der Waals surface area (Å²) in [5, 5.41) is 4.35. The van der Waals surface area contributed by atoms with Crippen molar-refractivity contribution < 1.29 is 9.47 Å². The van der Waals surface area contributed by atoms with Crippen molar-refractivity contribution in [1.82, 2.24) is 4.98 Å². The molecule has 0 saturated heterocycles. The predicted molar refractivity (Wildman–Crippen MR) is 85.4 cm³/mol. The molecule has 1 aliphatic rings. The third-order valence-electron chi connectivity index (χ3n) is 3.62. The molecule has 0 radical (unpaired) electrons. The zero-order valence-electron chi connectivity index (χ0n) is 12.9. The molecule has 2 aromatic rings. The van der Waals surface area contributed by atoms with Gasteiger partial charge in [0.15, 0.2) is 11.5 Å². The minimum Gasteiger partial charge on any atom is -0.490 e.